The Hall–Kier alpha value is -1.33. The molecule has 0 saturated carbocycles. The number of aliphatic hydroxyl groups is 1. The molecule has 0 aromatic heterocycles. The van der Waals surface area contributed by atoms with E-state index in [2.05, 4.69) is 10.6 Å². The van der Waals surface area contributed by atoms with Gasteiger partial charge in [0.05, 0.1) is 5.02 Å². The van der Waals surface area contributed by atoms with Gasteiger partial charge in [-0.15, -0.1) is 0 Å². The zero-order valence-electron chi connectivity index (χ0n) is 11.0. The number of benzene rings is 1. The molecule has 0 heterocycles. The second kappa shape index (κ2) is 6.73. The molecule has 106 valence electrons. The van der Waals surface area contributed by atoms with E-state index in [1.165, 1.54) is 12.1 Å². The molecule has 0 aliphatic heterocycles. The van der Waals surface area contributed by atoms with Crippen LogP contribution < -0.4 is 10.6 Å². The molecular weight excluding hydrogens is 271 g/mol. The van der Waals surface area contributed by atoms with Gasteiger partial charge in [-0.05, 0) is 30.0 Å². The Morgan fingerprint density at radius 1 is 1.47 bits per heavy atom. The van der Waals surface area contributed by atoms with Gasteiger partial charge in [-0.2, -0.15) is 0 Å². The summed E-state index contributed by atoms with van der Waals surface area (Å²) in [6.07, 6.45) is 0.586. The minimum absolute atomic E-state index is 0.00929. The van der Waals surface area contributed by atoms with E-state index in [1.807, 2.05) is 13.8 Å². The lowest BCUT2D eigenvalue weighted by Gasteiger charge is -2.23. The minimum atomic E-state index is -0.583. The predicted molar refractivity (Wildman–Crippen MR) is 73.9 cm³/mol. The van der Waals surface area contributed by atoms with Crippen molar-refractivity contribution in [3.05, 3.63) is 29.0 Å². The van der Waals surface area contributed by atoms with E-state index < -0.39 is 11.8 Å². The average Bonchev–Trinajstić information content (AvgIpc) is 2.32. The highest BCUT2D eigenvalue weighted by Crippen LogP contribution is 2.19. The number of urea groups is 1. The molecule has 0 bridgehead atoms. The molecule has 1 aromatic carbocycles. The first-order chi connectivity index (χ1) is 8.84. The maximum absolute atomic E-state index is 13.2. The molecule has 0 fully saturated rings. The van der Waals surface area contributed by atoms with E-state index in [0.29, 0.717) is 18.7 Å². The fraction of sp³-hybridized carbons (Fsp3) is 0.462. The van der Waals surface area contributed by atoms with Gasteiger partial charge in [0.2, 0.25) is 0 Å². The summed E-state index contributed by atoms with van der Waals surface area (Å²) in [5.41, 5.74) is 0.136. The third kappa shape index (κ3) is 5.44. The lowest BCUT2D eigenvalue weighted by atomic mass is 9.90. The third-order valence-electron chi connectivity index (χ3n) is 2.69. The standard InChI is InChI=1S/C13H18ClFN2O2/c1-13(2,5-6-18)8-16-12(19)17-9-3-4-10(14)11(15)7-9/h3-4,7,18H,5-6,8H2,1-2H3,(H2,16,17,19). The molecular formula is C13H18ClFN2O2. The molecule has 0 spiro atoms. The monoisotopic (exact) mass is 288 g/mol. The van der Waals surface area contributed by atoms with Crippen LogP contribution in [0.4, 0.5) is 14.9 Å². The van der Waals surface area contributed by atoms with Crippen molar-refractivity contribution in [2.24, 2.45) is 5.41 Å². The topological polar surface area (TPSA) is 61.4 Å². The van der Waals surface area contributed by atoms with Crippen LogP contribution in [0.5, 0.6) is 0 Å². The Kier molecular flexibility index (Phi) is 5.57. The van der Waals surface area contributed by atoms with E-state index in [0.717, 1.165) is 6.07 Å². The number of nitrogens with one attached hydrogen (secondary N) is 2. The largest absolute Gasteiger partial charge is 0.396 e. The maximum Gasteiger partial charge on any atom is 0.319 e. The zero-order valence-corrected chi connectivity index (χ0v) is 11.7. The number of hydrogen-bond donors (Lipinski definition) is 3. The van der Waals surface area contributed by atoms with Crippen LogP contribution in [0.25, 0.3) is 0 Å². The molecule has 4 nitrogen and oxygen atoms in total. The Labute approximate surface area is 117 Å². The summed E-state index contributed by atoms with van der Waals surface area (Å²) in [5, 5.41) is 14.1. The lowest BCUT2D eigenvalue weighted by molar-refractivity contribution is 0.204. The molecule has 6 heteroatoms. The van der Waals surface area contributed by atoms with Crippen molar-refractivity contribution >= 4 is 23.3 Å². The second-order valence-corrected chi connectivity index (χ2v) is 5.48. The predicted octanol–water partition coefficient (Wildman–Crippen LogP) is 3.01. The summed E-state index contributed by atoms with van der Waals surface area (Å²) in [6.45, 7) is 4.35. The number of rotatable bonds is 5. The van der Waals surface area contributed by atoms with Crippen molar-refractivity contribution < 1.29 is 14.3 Å². The molecule has 0 unspecified atom stereocenters. The Morgan fingerprint density at radius 2 is 2.16 bits per heavy atom. The summed E-state index contributed by atoms with van der Waals surface area (Å²) < 4.78 is 13.2. The molecule has 0 atom stereocenters. The smallest absolute Gasteiger partial charge is 0.319 e. The van der Waals surface area contributed by atoms with Crippen molar-refractivity contribution in [2.75, 3.05) is 18.5 Å². The van der Waals surface area contributed by atoms with Crippen LogP contribution in [0.2, 0.25) is 5.02 Å². The first-order valence-corrected chi connectivity index (χ1v) is 6.32. The van der Waals surface area contributed by atoms with Gasteiger partial charge < -0.3 is 15.7 Å². The normalized spacial score (nSPS) is 11.2. The fourth-order valence-electron chi connectivity index (χ4n) is 1.46. The van der Waals surface area contributed by atoms with Gasteiger partial charge in [-0.3, -0.25) is 0 Å². The summed E-state index contributed by atoms with van der Waals surface area (Å²) in [6, 6.07) is 3.63. The van der Waals surface area contributed by atoms with Gasteiger partial charge in [0.15, 0.2) is 0 Å². The second-order valence-electron chi connectivity index (χ2n) is 5.07. The zero-order chi connectivity index (χ0) is 14.5. The van der Waals surface area contributed by atoms with Crippen LogP contribution in [0.15, 0.2) is 18.2 Å². The van der Waals surface area contributed by atoms with Crippen molar-refractivity contribution in [2.45, 2.75) is 20.3 Å². The maximum atomic E-state index is 13.2. The van der Waals surface area contributed by atoms with E-state index in [1.54, 1.807) is 0 Å². The Bertz CT molecular complexity index is 452. The first kappa shape index (κ1) is 15.7. The van der Waals surface area contributed by atoms with Gasteiger partial charge in [0.1, 0.15) is 5.82 Å². The van der Waals surface area contributed by atoms with Gasteiger partial charge in [0, 0.05) is 18.8 Å². The molecule has 1 rings (SSSR count). The summed E-state index contributed by atoms with van der Waals surface area (Å²) >= 11 is 5.55. The van der Waals surface area contributed by atoms with Gasteiger partial charge in [0.25, 0.3) is 0 Å². The van der Waals surface area contributed by atoms with Gasteiger partial charge in [-0.25, -0.2) is 9.18 Å². The molecule has 0 radical (unpaired) electrons. The summed E-state index contributed by atoms with van der Waals surface area (Å²) in [7, 11) is 0. The summed E-state index contributed by atoms with van der Waals surface area (Å²) in [4.78, 5) is 11.6. The molecule has 0 aliphatic carbocycles. The van der Waals surface area contributed by atoms with Crippen molar-refractivity contribution in [3.63, 3.8) is 0 Å². The van der Waals surface area contributed by atoms with Gasteiger partial charge >= 0.3 is 6.03 Å². The molecule has 0 aliphatic rings. The number of aliphatic hydroxyl groups excluding tert-OH is 1. The summed E-state index contributed by atoms with van der Waals surface area (Å²) in [5.74, 6) is -0.583. The van der Waals surface area contributed by atoms with Crippen LogP contribution in [-0.4, -0.2) is 24.3 Å². The first-order valence-electron chi connectivity index (χ1n) is 5.95. The molecule has 3 N–H and O–H groups in total. The Balaban J connectivity index is 2.49. The van der Waals surface area contributed by atoms with E-state index >= 15 is 0 Å². The van der Waals surface area contributed by atoms with Crippen LogP contribution in [0.3, 0.4) is 0 Å². The van der Waals surface area contributed by atoms with Crippen LogP contribution in [-0.2, 0) is 0 Å². The number of carbonyl (C=O) groups is 1. The highest BCUT2D eigenvalue weighted by Gasteiger charge is 2.18. The van der Waals surface area contributed by atoms with Crippen molar-refractivity contribution in [3.8, 4) is 0 Å². The van der Waals surface area contributed by atoms with Crippen molar-refractivity contribution in [1.82, 2.24) is 5.32 Å². The van der Waals surface area contributed by atoms with Crippen molar-refractivity contribution in [1.29, 1.82) is 0 Å². The van der Waals surface area contributed by atoms with Crippen LogP contribution >= 0.6 is 11.6 Å². The molecule has 1 aromatic rings. The third-order valence-corrected chi connectivity index (χ3v) is 3.00. The molecule has 0 saturated heterocycles. The number of amides is 2. The average molecular weight is 289 g/mol. The highest BCUT2D eigenvalue weighted by atomic mass is 35.5. The number of carbonyl (C=O) groups excluding carboxylic acids is 1. The number of anilines is 1. The van der Waals surface area contributed by atoms with E-state index in [9.17, 15) is 9.18 Å². The van der Waals surface area contributed by atoms with Crippen LogP contribution in [0.1, 0.15) is 20.3 Å². The SMILES string of the molecule is CC(C)(CCO)CNC(=O)Nc1ccc(Cl)c(F)c1. The van der Waals surface area contributed by atoms with Gasteiger partial charge in [-0.1, -0.05) is 25.4 Å². The lowest BCUT2D eigenvalue weighted by Crippen LogP contribution is -2.37. The Morgan fingerprint density at radius 3 is 2.74 bits per heavy atom. The quantitative estimate of drug-likeness (QED) is 0.780. The van der Waals surface area contributed by atoms with E-state index in [4.69, 9.17) is 16.7 Å². The number of halogens is 2. The number of hydrogen-bond acceptors (Lipinski definition) is 2. The highest BCUT2D eigenvalue weighted by molar-refractivity contribution is 6.30. The van der Waals surface area contributed by atoms with Crippen LogP contribution in [0, 0.1) is 11.2 Å². The molecule has 19 heavy (non-hydrogen) atoms. The fourth-order valence-corrected chi connectivity index (χ4v) is 1.58. The molecule has 2 amide bonds. The minimum Gasteiger partial charge on any atom is -0.396 e. The van der Waals surface area contributed by atoms with E-state index in [-0.39, 0.29) is 17.0 Å².